The maximum Gasteiger partial charge on any atom is 0.261 e. The number of hydrogen-bond donors (Lipinski definition) is 0. The second-order valence-corrected chi connectivity index (χ2v) is 9.54. The van der Waals surface area contributed by atoms with Crippen LogP contribution in [0.5, 0.6) is 0 Å². The van der Waals surface area contributed by atoms with Crippen LogP contribution in [0.25, 0.3) is 11.4 Å². The van der Waals surface area contributed by atoms with Gasteiger partial charge >= 0.3 is 0 Å². The van der Waals surface area contributed by atoms with Gasteiger partial charge in [-0.3, -0.25) is 9.59 Å². The molecule has 0 saturated heterocycles. The Balaban J connectivity index is 1.84. The van der Waals surface area contributed by atoms with E-state index >= 15 is 0 Å². The molecule has 2 aromatic rings. The zero-order valence-corrected chi connectivity index (χ0v) is 22.7. The van der Waals surface area contributed by atoms with E-state index in [9.17, 15) is 9.59 Å². The SMILES string of the molecule is CCOC(CN1C(=O)C2=C(c3ccsc3)N(CC(OCC)OCC)C(=O)C2=C1c1ccsc1)OCC. The zero-order valence-electron chi connectivity index (χ0n) is 21.0. The first-order chi connectivity index (χ1) is 17.5. The molecule has 2 aliphatic rings. The van der Waals surface area contributed by atoms with Crippen molar-refractivity contribution in [3.63, 3.8) is 0 Å². The molecule has 0 spiro atoms. The lowest BCUT2D eigenvalue weighted by Gasteiger charge is -2.29. The Bertz CT molecular complexity index is 1010. The third-order valence-corrected chi connectivity index (χ3v) is 7.21. The van der Waals surface area contributed by atoms with Crippen molar-refractivity contribution in [1.82, 2.24) is 9.80 Å². The highest BCUT2D eigenvalue weighted by Gasteiger charge is 2.50. The molecule has 0 radical (unpaired) electrons. The van der Waals surface area contributed by atoms with Crippen molar-refractivity contribution in [2.75, 3.05) is 39.5 Å². The van der Waals surface area contributed by atoms with Crippen molar-refractivity contribution in [3.8, 4) is 0 Å². The molecule has 0 aromatic carbocycles. The van der Waals surface area contributed by atoms with Crippen molar-refractivity contribution in [3.05, 3.63) is 55.9 Å². The number of thiophene rings is 2. The van der Waals surface area contributed by atoms with E-state index in [1.54, 1.807) is 9.80 Å². The number of carbonyl (C=O) groups is 2. The summed E-state index contributed by atoms with van der Waals surface area (Å²) in [5, 5.41) is 7.77. The maximum absolute atomic E-state index is 14.1. The highest BCUT2D eigenvalue weighted by atomic mass is 32.1. The van der Waals surface area contributed by atoms with Crippen molar-refractivity contribution in [1.29, 1.82) is 0 Å². The standard InChI is InChI=1S/C26H32N2O6S2/c1-5-31-19(32-6-2)13-27-23(17-9-11-35-15-17)21-22(25(27)29)24(18-10-12-36-16-18)28(26(21)30)14-20(33-7-3)34-8-4/h9-12,15-16,19-20H,5-8,13-14H2,1-4H3. The summed E-state index contributed by atoms with van der Waals surface area (Å²) in [5.41, 5.74) is 3.61. The van der Waals surface area contributed by atoms with Crippen LogP contribution in [0.3, 0.4) is 0 Å². The lowest BCUT2D eigenvalue weighted by atomic mass is 10.0. The normalized spacial score (nSPS) is 16.1. The van der Waals surface area contributed by atoms with E-state index in [1.165, 1.54) is 22.7 Å². The summed E-state index contributed by atoms with van der Waals surface area (Å²) >= 11 is 3.03. The number of carbonyl (C=O) groups excluding carboxylic acids is 2. The Morgan fingerprint density at radius 2 is 1.03 bits per heavy atom. The Labute approximate surface area is 219 Å². The minimum Gasteiger partial charge on any atom is -0.351 e. The Hall–Kier alpha value is -2.34. The molecule has 8 nitrogen and oxygen atoms in total. The van der Waals surface area contributed by atoms with E-state index in [0.717, 1.165) is 11.1 Å². The van der Waals surface area contributed by atoms with Crippen LogP contribution >= 0.6 is 22.7 Å². The van der Waals surface area contributed by atoms with Gasteiger partial charge in [0.1, 0.15) is 0 Å². The largest absolute Gasteiger partial charge is 0.351 e. The van der Waals surface area contributed by atoms with Crippen molar-refractivity contribution >= 4 is 45.9 Å². The molecule has 194 valence electrons. The van der Waals surface area contributed by atoms with E-state index in [1.807, 2.05) is 61.3 Å². The summed E-state index contributed by atoms with van der Waals surface area (Å²) < 4.78 is 23.0. The molecule has 2 aromatic heterocycles. The van der Waals surface area contributed by atoms with E-state index in [2.05, 4.69) is 0 Å². The molecule has 2 aliphatic heterocycles. The molecule has 0 bridgehead atoms. The molecule has 4 rings (SSSR count). The topological polar surface area (TPSA) is 77.5 Å². The summed E-state index contributed by atoms with van der Waals surface area (Å²) in [6.07, 6.45) is -1.21. The second kappa shape index (κ2) is 12.3. The van der Waals surface area contributed by atoms with Gasteiger partial charge in [0.2, 0.25) is 0 Å². The molecule has 0 fully saturated rings. The van der Waals surface area contributed by atoms with Crippen molar-refractivity contribution in [2.24, 2.45) is 0 Å². The molecule has 36 heavy (non-hydrogen) atoms. The molecule has 4 heterocycles. The summed E-state index contributed by atoms with van der Waals surface area (Å²) in [4.78, 5) is 31.4. The van der Waals surface area contributed by atoms with Gasteiger partial charge in [0.25, 0.3) is 11.8 Å². The minimum absolute atomic E-state index is 0.184. The first-order valence-electron chi connectivity index (χ1n) is 12.2. The first-order valence-corrected chi connectivity index (χ1v) is 14.1. The highest BCUT2D eigenvalue weighted by molar-refractivity contribution is 7.08. The molecule has 10 heteroatoms. The quantitative estimate of drug-likeness (QED) is 0.336. The van der Waals surface area contributed by atoms with E-state index in [0.29, 0.717) is 49.0 Å². The lowest BCUT2D eigenvalue weighted by molar-refractivity contribution is -0.151. The van der Waals surface area contributed by atoms with Crippen LogP contribution in [-0.2, 0) is 28.5 Å². The summed E-state index contributed by atoms with van der Waals surface area (Å²) in [7, 11) is 0. The number of hydrogen-bond acceptors (Lipinski definition) is 8. The first kappa shape index (κ1) is 26.7. The van der Waals surface area contributed by atoms with Gasteiger partial charge in [-0.15, -0.1) is 0 Å². The fraction of sp³-hybridized carbons (Fsp3) is 0.462. The third-order valence-electron chi connectivity index (χ3n) is 5.84. The van der Waals surface area contributed by atoms with Crippen LogP contribution in [-0.4, -0.2) is 73.7 Å². The van der Waals surface area contributed by atoms with Crippen LogP contribution in [0.15, 0.2) is 44.8 Å². The molecule has 0 aliphatic carbocycles. The van der Waals surface area contributed by atoms with E-state index < -0.39 is 12.6 Å². The van der Waals surface area contributed by atoms with Gasteiger partial charge in [0.05, 0.1) is 35.6 Å². The van der Waals surface area contributed by atoms with Crippen molar-refractivity contribution < 1.29 is 28.5 Å². The molecule has 2 amide bonds. The van der Waals surface area contributed by atoms with Crippen LogP contribution in [0, 0.1) is 0 Å². The number of ether oxygens (including phenoxy) is 4. The number of rotatable bonds is 14. The Morgan fingerprint density at radius 1 is 0.667 bits per heavy atom. The molecular formula is C26H32N2O6S2. The van der Waals surface area contributed by atoms with Crippen LogP contribution in [0.4, 0.5) is 0 Å². The monoisotopic (exact) mass is 532 g/mol. The number of fused-ring (bicyclic) bond motifs is 1. The smallest absolute Gasteiger partial charge is 0.261 e. The second-order valence-electron chi connectivity index (χ2n) is 7.98. The summed E-state index contributed by atoms with van der Waals surface area (Å²) in [5.74, 6) is -0.478. The third kappa shape index (κ3) is 5.20. The average molecular weight is 533 g/mol. The maximum atomic E-state index is 14.1. The molecular weight excluding hydrogens is 500 g/mol. The van der Waals surface area contributed by atoms with Gasteiger partial charge in [-0.1, -0.05) is 0 Å². The van der Waals surface area contributed by atoms with Crippen molar-refractivity contribution in [2.45, 2.75) is 40.3 Å². The van der Waals surface area contributed by atoms with Crippen LogP contribution in [0.1, 0.15) is 38.8 Å². The van der Waals surface area contributed by atoms with Gasteiger partial charge in [0, 0.05) is 48.3 Å². The lowest BCUT2D eigenvalue weighted by Crippen LogP contribution is -2.39. The Kier molecular flexibility index (Phi) is 9.10. The van der Waals surface area contributed by atoms with Crippen LogP contribution < -0.4 is 0 Å². The van der Waals surface area contributed by atoms with Gasteiger partial charge in [-0.2, -0.15) is 22.7 Å². The highest BCUT2D eigenvalue weighted by Crippen LogP contribution is 2.47. The summed E-state index contributed by atoms with van der Waals surface area (Å²) in [6, 6.07) is 3.85. The molecule has 0 unspecified atom stereocenters. The zero-order chi connectivity index (χ0) is 25.7. The number of nitrogens with zero attached hydrogens (tertiary/aromatic N) is 2. The number of amides is 2. The minimum atomic E-state index is -0.603. The predicted molar refractivity (Wildman–Crippen MR) is 140 cm³/mol. The van der Waals surface area contributed by atoms with E-state index in [-0.39, 0.29) is 24.9 Å². The summed E-state index contributed by atoms with van der Waals surface area (Å²) in [6.45, 7) is 9.70. The fourth-order valence-corrected chi connectivity index (χ4v) is 5.77. The molecule has 0 saturated carbocycles. The van der Waals surface area contributed by atoms with Crippen LogP contribution in [0.2, 0.25) is 0 Å². The average Bonchev–Trinajstić information content (AvgIpc) is 3.65. The fourth-order valence-electron chi connectivity index (χ4n) is 4.49. The van der Waals surface area contributed by atoms with Gasteiger partial charge in [0.15, 0.2) is 12.6 Å². The predicted octanol–water partition coefficient (Wildman–Crippen LogP) is 4.41. The van der Waals surface area contributed by atoms with Gasteiger partial charge in [-0.25, -0.2) is 0 Å². The van der Waals surface area contributed by atoms with Gasteiger partial charge < -0.3 is 28.7 Å². The van der Waals surface area contributed by atoms with Gasteiger partial charge in [-0.05, 0) is 50.6 Å². The molecule has 0 atom stereocenters. The Morgan fingerprint density at radius 3 is 1.31 bits per heavy atom. The van der Waals surface area contributed by atoms with E-state index in [4.69, 9.17) is 18.9 Å². The molecule has 0 N–H and O–H groups in total.